The van der Waals surface area contributed by atoms with Crippen molar-refractivity contribution in [2.24, 2.45) is 5.92 Å². The lowest BCUT2D eigenvalue weighted by Crippen LogP contribution is -2.24. The van der Waals surface area contributed by atoms with E-state index in [0.717, 1.165) is 36.2 Å². The van der Waals surface area contributed by atoms with Crippen molar-refractivity contribution in [2.45, 2.75) is 26.2 Å². The summed E-state index contributed by atoms with van der Waals surface area (Å²) in [7, 11) is 0. The number of fused-ring (bicyclic) bond motifs is 2. The number of benzene rings is 2. The zero-order chi connectivity index (χ0) is 21.3. The van der Waals surface area contributed by atoms with Crippen LogP contribution in [0.1, 0.15) is 35.0 Å². The van der Waals surface area contributed by atoms with E-state index in [4.69, 9.17) is 9.72 Å². The maximum Gasteiger partial charge on any atom is 0.339 e. The van der Waals surface area contributed by atoms with E-state index in [-0.39, 0.29) is 5.69 Å². The SMILES string of the molecule is C[C@H]1CCc2nc3ccccc3c(C(=O)OCC(=O)Nc3ccc(F)cc3F)c2C1. The Labute approximate surface area is 172 Å². The van der Waals surface area contributed by atoms with Crippen molar-refractivity contribution in [2.75, 3.05) is 11.9 Å². The highest BCUT2D eigenvalue weighted by Gasteiger charge is 2.26. The lowest BCUT2D eigenvalue weighted by atomic mass is 9.84. The van der Waals surface area contributed by atoms with E-state index in [1.54, 1.807) is 0 Å². The van der Waals surface area contributed by atoms with Crippen molar-refractivity contribution in [1.82, 2.24) is 4.98 Å². The molecular formula is C23H20F2N2O3. The second kappa shape index (κ2) is 8.18. The van der Waals surface area contributed by atoms with Crippen molar-refractivity contribution >= 4 is 28.5 Å². The summed E-state index contributed by atoms with van der Waals surface area (Å²) < 4.78 is 32.0. The van der Waals surface area contributed by atoms with Gasteiger partial charge in [-0.15, -0.1) is 0 Å². The normalized spacial score (nSPS) is 15.5. The Morgan fingerprint density at radius 3 is 2.80 bits per heavy atom. The van der Waals surface area contributed by atoms with Gasteiger partial charge < -0.3 is 10.1 Å². The molecule has 0 radical (unpaired) electrons. The number of carbonyl (C=O) groups is 2. The minimum atomic E-state index is -0.905. The molecule has 7 heteroatoms. The lowest BCUT2D eigenvalue weighted by Gasteiger charge is -2.24. The second-order valence-electron chi connectivity index (χ2n) is 7.53. The summed E-state index contributed by atoms with van der Waals surface area (Å²) >= 11 is 0. The molecule has 0 fully saturated rings. The van der Waals surface area contributed by atoms with Crippen molar-refractivity contribution < 1.29 is 23.1 Å². The molecule has 1 atom stereocenters. The molecule has 1 aromatic heterocycles. The maximum absolute atomic E-state index is 13.7. The van der Waals surface area contributed by atoms with Gasteiger partial charge >= 0.3 is 5.97 Å². The highest BCUT2D eigenvalue weighted by atomic mass is 19.1. The van der Waals surface area contributed by atoms with Gasteiger partial charge in [0.2, 0.25) is 0 Å². The third-order valence-electron chi connectivity index (χ3n) is 5.25. The van der Waals surface area contributed by atoms with Gasteiger partial charge in [-0.25, -0.2) is 13.6 Å². The van der Waals surface area contributed by atoms with Crippen LogP contribution in [-0.2, 0) is 22.4 Å². The molecule has 0 saturated carbocycles. The predicted molar refractivity (Wildman–Crippen MR) is 108 cm³/mol. The van der Waals surface area contributed by atoms with E-state index in [1.807, 2.05) is 24.3 Å². The number of amides is 1. The lowest BCUT2D eigenvalue weighted by molar-refractivity contribution is -0.119. The molecule has 4 rings (SSSR count). The summed E-state index contributed by atoms with van der Waals surface area (Å²) in [6, 6.07) is 10.1. The summed E-state index contributed by atoms with van der Waals surface area (Å²) in [5, 5.41) is 2.96. The smallest absolute Gasteiger partial charge is 0.339 e. The average Bonchev–Trinajstić information content (AvgIpc) is 2.72. The van der Waals surface area contributed by atoms with Gasteiger partial charge in [-0.1, -0.05) is 25.1 Å². The number of nitrogens with zero attached hydrogens (tertiary/aromatic N) is 1. The zero-order valence-corrected chi connectivity index (χ0v) is 16.4. The average molecular weight is 410 g/mol. The number of nitrogens with one attached hydrogen (secondary N) is 1. The molecule has 1 aliphatic carbocycles. The highest BCUT2D eigenvalue weighted by molar-refractivity contribution is 6.06. The number of ether oxygens (including phenoxy) is 1. The number of aromatic nitrogens is 1. The van der Waals surface area contributed by atoms with Crippen molar-refractivity contribution in [3.8, 4) is 0 Å². The minimum absolute atomic E-state index is 0.182. The van der Waals surface area contributed by atoms with Crippen LogP contribution in [0.3, 0.4) is 0 Å². The molecule has 30 heavy (non-hydrogen) atoms. The second-order valence-corrected chi connectivity index (χ2v) is 7.53. The summed E-state index contributed by atoms with van der Waals surface area (Å²) in [5.74, 6) is -2.57. The number of halogens is 2. The van der Waals surface area contributed by atoms with E-state index >= 15 is 0 Å². The first-order chi connectivity index (χ1) is 14.4. The monoisotopic (exact) mass is 410 g/mol. The van der Waals surface area contributed by atoms with Crippen LogP contribution in [0.5, 0.6) is 0 Å². The fraction of sp³-hybridized carbons (Fsp3) is 0.261. The Kier molecular flexibility index (Phi) is 5.44. The molecule has 0 spiro atoms. The topological polar surface area (TPSA) is 68.3 Å². The molecule has 1 amide bonds. The molecule has 154 valence electrons. The third kappa shape index (κ3) is 4.01. The van der Waals surface area contributed by atoms with Gasteiger partial charge in [0.05, 0.1) is 16.8 Å². The number of hydrogen-bond acceptors (Lipinski definition) is 4. The first-order valence-electron chi connectivity index (χ1n) is 9.75. The van der Waals surface area contributed by atoms with E-state index in [9.17, 15) is 18.4 Å². The zero-order valence-electron chi connectivity index (χ0n) is 16.4. The summed E-state index contributed by atoms with van der Waals surface area (Å²) in [4.78, 5) is 29.8. The Morgan fingerprint density at radius 2 is 2.00 bits per heavy atom. The maximum atomic E-state index is 13.7. The number of aryl methyl sites for hydroxylation is 1. The fourth-order valence-electron chi connectivity index (χ4n) is 3.78. The molecule has 1 heterocycles. The number of carbonyl (C=O) groups excluding carboxylic acids is 2. The van der Waals surface area contributed by atoms with Crippen LogP contribution in [-0.4, -0.2) is 23.5 Å². The minimum Gasteiger partial charge on any atom is -0.452 e. The highest BCUT2D eigenvalue weighted by Crippen LogP contribution is 2.32. The van der Waals surface area contributed by atoms with Gasteiger partial charge in [-0.2, -0.15) is 0 Å². The predicted octanol–water partition coefficient (Wildman–Crippen LogP) is 4.43. The van der Waals surface area contributed by atoms with Crippen LogP contribution >= 0.6 is 0 Å². The van der Waals surface area contributed by atoms with Crippen molar-refractivity contribution in [3.05, 3.63) is 70.9 Å². The fourth-order valence-corrected chi connectivity index (χ4v) is 3.78. The van der Waals surface area contributed by atoms with Crippen LogP contribution in [0.25, 0.3) is 10.9 Å². The molecule has 1 N–H and O–H groups in total. The van der Waals surface area contributed by atoms with E-state index in [1.165, 1.54) is 0 Å². The van der Waals surface area contributed by atoms with Gasteiger partial charge in [0.15, 0.2) is 6.61 Å². The molecule has 0 saturated heterocycles. The van der Waals surface area contributed by atoms with E-state index < -0.39 is 30.1 Å². The summed E-state index contributed by atoms with van der Waals surface area (Å²) in [5.41, 5.74) is 2.70. The molecule has 5 nitrogen and oxygen atoms in total. The number of anilines is 1. The standard InChI is InChI=1S/C23H20F2N2O3/c1-13-6-8-19-16(10-13)22(15-4-2-3-5-18(15)26-19)23(29)30-12-21(28)27-20-9-7-14(24)11-17(20)25/h2-5,7,9,11,13H,6,8,10,12H2,1H3,(H,27,28)/t13-/m0/s1. The third-order valence-corrected chi connectivity index (χ3v) is 5.25. The molecule has 0 aliphatic heterocycles. The van der Waals surface area contributed by atoms with Gasteiger partial charge in [-0.3, -0.25) is 9.78 Å². The largest absolute Gasteiger partial charge is 0.452 e. The van der Waals surface area contributed by atoms with Gasteiger partial charge in [-0.05, 0) is 48.9 Å². The molecule has 0 bridgehead atoms. The molecular weight excluding hydrogens is 390 g/mol. The Balaban J connectivity index is 1.56. The summed E-state index contributed by atoms with van der Waals surface area (Å²) in [6.07, 6.45) is 2.50. The Hall–Kier alpha value is -3.35. The Morgan fingerprint density at radius 1 is 1.20 bits per heavy atom. The van der Waals surface area contributed by atoms with Crippen molar-refractivity contribution in [3.63, 3.8) is 0 Å². The molecule has 0 unspecified atom stereocenters. The van der Waals surface area contributed by atoms with Crippen molar-refractivity contribution in [1.29, 1.82) is 0 Å². The van der Waals surface area contributed by atoms with Crippen LogP contribution in [0.2, 0.25) is 0 Å². The van der Waals surface area contributed by atoms with Gasteiger partial charge in [0.1, 0.15) is 11.6 Å². The summed E-state index contributed by atoms with van der Waals surface area (Å²) in [6.45, 7) is 1.54. The molecule has 2 aromatic carbocycles. The van der Waals surface area contributed by atoms with Crippen LogP contribution in [0.4, 0.5) is 14.5 Å². The van der Waals surface area contributed by atoms with E-state index in [0.29, 0.717) is 34.9 Å². The number of para-hydroxylation sites is 1. The van der Waals surface area contributed by atoms with Crippen LogP contribution < -0.4 is 5.32 Å². The quantitative estimate of drug-likeness (QED) is 0.646. The number of rotatable bonds is 4. The Bertz CT molecular complexity index is 1150. The first-order valence-corrected chi connectivity index (χ1v) is 9.75. The van der Waals surface area contributed by atoms with Gasteiger partial charge in [0, 0.05) is 17.1 Å². The molecule has 1 aliphatic rings. The number of hydrogen-bond donors (Lipinski definition) is 1. The van der Waals surface area contributed by atoms with Crippen LogP contribution in [0.15, 0.2) is 42.5 Å². The number of pyridine rings is 1. The molecule has 3 aromatic rings. The number of esters is 1. The van der Waals surface area contributed by atoms with Gasteiger partial charge in [0.25, 0.3) is 5.91 Å². The first kappa shape index (κ1) is 19.9. The van der Waals surface area contributed by atoms with Crippen LogP contribution in [0, 0.1) is 17.6 Å². The van der Waals surface area contributed by atoms with E-state index in [2.05, 4.69) is 12.2 Å².